The normalized spacial score (nSPS) is 9.53. The lowest BCUT2D eigenvalue weighted by atomic mass is 10.2. The molecule has 7 nitrogen and oxygen atoms in total. The molecule has 17 heavy (non-hydrogen) atoms. The van der Waals surface area contributed by atoms with Crippen LogP contribution in [0.15, 0.2) is 18.2 Å². The van der Waals surface area contributed by atoms with Gasteiger partial charge in [-0.1, -0.05) is 0 Å². The first kappa shape index (κ1) is 12.8. The average molecular weight is 239 g/mol. The highest BCUT2D eigenvalue weighted by molar-refractivity contribution is 5.93. The van der Waals surface area contributed by atoms with Crippen molar-refractivity contribution in [1.82, 2.24) is 5.43 Å². The van der Waals surface area contributed by atoms with Crippen molar-refractivity contribution < 1.29 is 19.1 Å². The Morgan fingerprint density at radius 1 is 1.35 bits per heavy atom. The molecular formula is C10H13N3O4. The van der Waals surface area contributed by atoms with Gasteiger partial charge in [-0.05, 0) is 18.2 Å². The van der Waals surface area contributed by atoms with E-state index in [9.17, 15) is 9.59 Å². The molecule has 2 amide bonds. The fourth-order valence-corrected chi connectivity index (χ4v) is 1.13. The highest BCUT2D eigenvalue weighted by Gasteiger charge is 2.10. The minimum atomic E-state index is -0.574. The first-order valence-corrected chi connectivity index (χ1v) is 4.68. The van der Waals surface area contributed by atoms with Crippen LogP contribution in [0.2, 0.25) is 0 Å². The second-order valence-corrected chi connectivity index (χ2v) is 3.09. The second kappa shape index (κ2) is 5.71. The number of primary amides is 1. The maximum absolute atomic E-state index is 10.9. The molecule has 7 heteroatoms. The summed E-state index contributed by atoms with van der Waals surface area (Å²) < 4.78 is 10.2. The number of hydrazine groups is 1. The quantitative estimate of drug-likeness (QED) is 0.352. The van der Waals surface area contributed by atoms with Crippen LogP contribution in [-0.2, 0) is 4.79 Å². The van der Waals surface area contributed by atoms with Gasteiger partial charge in [0.25, 0.3) is 5.91 Å². The van der Waals surface area contributed by atoms with Crippen molar-refractivity contribution in [3.05, 3.63) is 23.8 Å². The summed E-state index contributed by atoms with van der Waals surface area (Å²) in [5.41, 5.74) is 7.33. The number of ether oxygens (including phenoxy) is 2. The third-order valence-corrected chi connectivity index (χ3v) is 1.97. The minimum Gasteiger partial charge on any atom is -0.493 e. The van der Waals surface area contributed by atoms with Crippen molar-refractivity contribution in [2.75, 3.05) is 13.7 Å². The highest BCUT2D eigenvalue weighted by atomic mass is 16.5. The van der Waals surface area contributed by atoms with E-state index < -0.39 is 11.8 Å². The van der Waals surface area contributed by atoms with Crippen LogP contribution in [0.1, 0.15) is 10.4 Å². The second-order valence-electron chi connectivity index (χ2n) is 3.09. The Morgan fingerprint density at radius 3 is 2.59 bits per heavy atom. The lowest BCUT2D eigenvalue weighted by molar-refractivity contribution is -0.123. The molecule has 92 valence electrons. The summed E-state index contributed by atoms with van der Waals surface area (Å²) in [5.74, 6) is 4.48. The largest absolute Gasteiger partial charge is 0.493 e. The third kappa shape index (κ3) is 3.35. The van der Waals surface area contributed by atoms with E-state index >= 15 is 0 Å². The number of carbonyl (C=O) groups excluding carboxylic acids is 2. The Labute approximate surface area is 97.6 Å². The predicted molar refractivity (Wildman–Crippen MR) is 59.3 cm³/mol. The van der Waals surface area contributed by atoms with Crippen molar-refractivity contribution in [3.8, 4) is 11.5 Å². The van der Waals surface area contributed by atoms with Crippen LogP contribution < -0.4 is 26.5 Å². The van der Waals surface area contributed by atoms with Crippen molar-refractivity contribution in [3.63, 3.8) is 0 Å². The van der Waals surface area contributed by atoms with E-state index in [0.717, 1.165) is 0 Å². The average Bonchev–Trinajstić information content (AvgIpc) is 2.35. The number of hydrogen-bond acceptors (Lipinski definition) is 5. The lowest BCUT2D eigenvalue weighted by Gasteiger charge is -2.10. The summed E-state index contributed by atoms with van der Waals surface area (Å²) in [7, 11) is 1.41. The van der Waals surface area contributed by atoms with Gasteiger partial charge < -0.3 is 15.2 Å². The van der Waals surface area contributed by atoms with Gasteiger partial charge in [-0.2, -0.15) is 0 Å². The molecule has 0 heterocycles. The number of nitrogens with one attached hydrogen (secondary N) is 1. The van der Waals surface area contributed by atoms with E-state index in [4.69, 9.17) is 21.1 Å². The summed E-state index contributed by atoms with van der Waals surface area (Å²) in [6.45, 7) is -0.247. The Hall–Kier alpha value is -2.28. The third-order valence-electron chi connectivity index (χ3n) is 1.97. The van der Waals surface area contributed by atoms with Crippen molar-refractivity contribution >= 4 is 11.8 Å². The van der Waals surface area contributed by atoms with Crippen LogP contribution >= 0.6 is 0 Å². The zero-order valence-corrected chi connectivity index (χ0v) is 9.23. The number of benzene rings is 1. The van der Waals surface area contributed by atoms with Gasteiger partial charge in [-0.3, -0.25) is 15.0 Å². The molecule has 1 rings (SSSR count). The van der Waals surface area contributed by atoms with Gasteiger partial charge in [0.2, 0.25) is 5.91 Å². The molecule has 0 saturated heterocycles. The van der Waals surface area contributed by atoms with Crippen LogP contribution in [0.3, 0.4) is 0 Å². The smallest absolute Gasteiger partial charge is 0.271 e. The molecule has 1 aromatic carbocycles. The topological polar surface area (TPSA) is 117 Å². The van der Waals surface area contributed by atoms with Crippen molar-refractivity contribution in [2.24, 2.45) is 11.6 Å². The van der Waals surface area contributed by atoms with E-state index in [-0.39, 0.29) is 12.2 Å². The Bertz CT molecular complexity index is 434. The molecule has 0 aliphatic carbocycles. The summed E-state index contributed by atoms with van der Waals surface area (Å²) in [6, 6.07) is 4.39. The van der Waals surface area contributed by atoms with Gasteiger partial charge in [0.15, 0.2) is 18.1 Å². The number of rotatable bonds is 5. The Kier molecular flexibility index (Phi) is 4.29. The molecule has 0 aliphatic rings. The molecule has 0 fully saturated rings. The van der Waals surface area contributed by atoms with Crippen LogP contribution in [-0.4, -0.2) is 25.5 Å². The molecular weight excluding hydrogens is 226 g/mol. The SMILES string of the molecule is COc1cc(C(N)=O)ccc1OCC(=O)NN. The standard InChI is InChI=1S/C10H13N3O4/c1-16-8-4-6(10(11)15)2-3-7(8)17-5-9(14)13-12/h2-4H,5,12H2,1H3,(H2,11,15)(H,13,14). The van der Waals surface area contributed by atoms with Crippen LogP contribution in [0.4, 0.5) is 0 Å². The van der Waals surface area contributed by atoms with E-state index in [2.05, 4.69) is 0 Å². The van der Waals surface area contributed by atoms with Crippen LogP contribution in [0, 0.1) is 0 Å². The number of methoxy groups -OCH3 is 1. The number of amides is 2. The molecule has 0 unspecified atom stereocenters. The van der Waals surface area contributed by atoms with Gasteiger partial charge in [-0.25, -0.2) is 5.84 Å². The van der Waals surface area contributed by atoms with Gasteiger partial charge >= 0.3 is 0 Å². The Balaban J connectivity index is 2.85. The van der Waals surface area contributed by atoms with Gasteiger partial charge in [0, 0.05) is 5.56 Å². The zero-order valence-electron chi connectivity index (χ0n) is 9.23. The summed E-state index contributed by atoms with van der Waals surface area (Å²) >= 11 is 0. The molecule has 0 aromatic heterocycles. The fourth-order valence-electron chi connectivity index (χ4n) is 1.13. The maximum Gasteiger partial charge on any atom is 0.271 e. The number of hydrogen-bond donors (Lipinski definition) is 3. The van der Waals surface area contributed by atoms with Crippen molar-refractivity contribution in [2.45, 2.75) is 0 Å². The van der Waals surface area contributed by atoms with Gasteiger partial charge in [-0.15, -0.1) is 0 Å². The molecule has 0 bridgehead atoms. The van der Waals surface area contributed by atoms with Gasteiger partial charge in [0.05, 0.1) is 7.11 Å². The monoisotopic (exact) mass is 239 g/mol. The molecule has 1 aromatic rings. The number of carbonyl (C=O) groups is 2. The zero-order chi connectivity index (χ0) is 12.8. The van der Waals surface area contributed by atoms with E-state index in [0.29, 0.717) is 11.5 Å². The molecule has 0 atom stereocenters. The van der Waals surface area contributed by atoms with E-state index in [1.54, 1.807) is 0 Å². The fraction of sp³-hybridized carbons (Fsp3) is 0.200. The van der Waals surface area contributed by atoms with Crippen molar-refractivity contribution in [1.29, 1.82) is 0 Å². The minimum absolute atomic E-state index is 0.247. The molecule has 0 radical (unpaired) electrons. The molecule has 0 spiro atoms. The Morgan fingerprint density at radius 2 is 2.06 bits per heavy atom. The first-order valence-electron chi connectivity index (χ1n) is 4.68. The lowest BCUT2D eigenvalue weighted by Crippen LogP contribution is -2.34. The van der Waals surface area contributed by atoms with Crippen LogP contribution in [0.25, 0.3) is 0 Å². The summed E-state index contributed by atoms with van der Waals surface area (Å²) in [6.07, 6.45) is 0. The molecule has 5 N–H and O–H groups in total. The number of nitrogens with two attached hydrogens (primary N) is 2. The summed E-state index contributed by atoms with van der Waals surface area (Å²) in [4.78, 5) is 21.8. The van der Waals surface area contributed by atoms with E-state index in [1.807, 2.05) is 5.43 Å². The predicted octanol–water partition coefficient (Wildman–Crippen LogP) is -0.837. The molecule has 0 aliphatic heterocycles. The van der Waals surface area contributed by atoms with Gasteiger partial charge in [0.1, 0.15) is 0 Å². The molecule has 0 saturated carbocycles. The summed E-state index contributed by atoms with van der Waals surface area (Å²) in [5, 5.41) is 0. The van der Waals surface area contributed by atoms with Crippen LogP contribution in [0.5, 0.6) is 11.5 Å². The highest BCUT2D eigenvalue weighted by Crippen LogP contribution is 2.27. The maximum atomic E-state index is 10.9. The first-order chi connectivity index (χ1) is 8.08. The van der Waals surface area contributed by atoms with E-state index in [1.165, 1.54) is 25.3 Å².